The Labute approximate surface area is 130 Å². The highest BCUT2D eigenvalue weighted by Crippen LogP contribution is 2.29. The standard InChI is InChI=1S/C16H10N2O3S/c19-16-14(10-11-6-8-13(9-7-11)18(20)21)17-15(22-16)12-4-2-1-3-5-12/h1-10H/b14-10+. The number of hydrogen-bond acceptors (Lipinski definition) is 5. The van der Waals surface area contributed by atoms with Gasteiger partial charge in [-0.05, 0) is 35.5 Å². The molecule has 1 heterocycles. The van der Waals surface area contributed by atoms with Gasteiger partial charge >= 0.3 is 0 Å². The molecule has 5 nitrogen and oxygen atoms in total. The molecule has 1 aliphatic heterocycles. The predicted octanol–water partition coefficient (Wildman–Crippen LogP) is 3.66. The molecule has 0 N–H and O–H groups in total. The Morgan fingerprint density at radius 2 is 1.73 bits per heavy atom. The van der Waals surface area contributed by atoms with Crippen molar-refractivity contribution in [2.45, 2.75) is 0 Å². The summed E-state index contributed by atoms with van der Waals surface area (Å²) in [5.41, 5.74) is 1.96. The average molecular weight is 310 g/mol. The number of thioether (sulfide) groups is 1. The van der Waals surface area contributed by atoms with Gasteiger partial charge in [0, 0.05) is 17.7 Å². The van der Waals surface area contributed by atoms with Crippen molar-refractivity contribution in [2.75, 3.05) is 0 Å². The second kappa shape index (κ2) is 5.95. The highest BCUT2D eigenvalue weighted by atomic mass is 32.2. The molecular formula is C16H10N2O3S. The number of nitrogens with zero attached hydrogens (tertiary/aromatic N) is 2. The summed E-state index contributed by atoms with van der Waals surface area (Å²) in [5.74, 6) is 0. The van der Waals surface area contributed by atoms with Crippen molar-refractivity contribution < 1.29 is 9.72 Å². The minimum Gasteiger partial charge on any atom is -0.279 e. The van der Waals surface area contributed by atoms with Crippen LogP contribution in [0.3, 0.4) is 0 Å². The molecule has 0 amide bonds. The Morgan fingerprint density at radius 1 is 1.05 bits per heavy atom. The molecule has 108 valence electrons. The molecule has 0 fully saturated rings. The minimum absolute atomic E-state index is 0.0164. The first-order valence-electron chi connectivity index (χ1n) is 6.46. The van der Waals surface area contributed by atoms with Crippen LogP contribution in [0.2, 0.25) is 0 Å². The van der Waals surface area contributed by atoms with Crippen molar-refractivity contribution in [3.8, 4) is 0 Å². The van der Waals surface area contributed by atoms with Crippen LogP contribution in [0.5, 0.6) is 0 Å². The fourth-order valence-corrected chi connectivity index (χ4v) is 2.75. The van der Waals surface area contributed by atoms with E-state index in [0.29, 0.717) is 16.3 Å². The molecular weight excluding hydrogens is 300 g/mol. The Bertz CT molecular complexity index is 796. The van der Waals surface area contributed by atoms with Crippen molar-refractivity contribution in [2.24, 2.45) is 4.99 Å². The van der Waals surface area contributed by atoms with E-state index in [2.05, 4.69) is 4.99 Å². The van der Waals surface area contributed by atoms with E-state index in [1.165, 1.54) is 12.1 Å². The SMILES string of the molecule is O=C1SC(c2ccccc2)=N/C1=C/c1ccc([N+](=O)[O-])cc1. The van der Waals surface area contributed by atoms with Crippen LogP contribution in [0.15, 0.2) is 65.3 Å². The van der Waals surface area contributed by atoms with Crippen molar-refractivity contribution in [1.82, 2.24) is 0 Å². The normalized spacial score (nSPS) is 15.9. The Hall–Kier alpha value is -2.73. The summed E-state index contributed by atoms with van der Waals surface area (Å²) in [6.45, 7) is 0. The van der Waals surface area contributed by atoms with Gasteiger partial charge in [0.2, 0.25) is 5.12 Å². The Balaban J connectivity index is 1.89. The van der Waals surface area contributed by atoms with Gasteiger partial charge in [-0.25, -0.2) is 4.99 Å². The van der Waals surface area contributed by atoms with Gasteiger partial charge in [-0.15, -0.1) is 0 Å². The van der Waals surface area contributed by atoms with Gasteiger partial charge in [0.25, 0.3) is 5.69 Å². The first-order chi connectivity index (χ1) is 10.6. The van der Waals surface area contributed by atoms with Crippen LogP contribution in [0, 0.1) is 10.1 Å². The maximum Gasteiger partial charge on any atom is 0.269 e. The lowest BCUT2D eigenvalue weighted by Gasteiger charge is -1.95. The summed E-state index contributed by atoms with van der Waals surface area (Å²) < 4.78 is 0. The van der Waals surface area contributed by atoms with Gasteiger partial charge in [-0.3, -0.25) is 14.9 Å². The molecule has 0 aromatic heterocycles. The lowest BCUT2D eigenvalue weighted by molar-refractivity contribution is -0.384. The Morgan fingerprint density at radius 3 is 2.36 bits per heavy atom. The van der Waals surface area contributed by atoms with Crippen molar-refractivity contribution in [3.05, 3.63) is 81.5 Å². The highest BCUT2D eigenvalue weighted by molar-refractivity contribution is 8.27. The number of nitro groups is 1. The minimum atomic E-state index is -0.459. The van der Waals surface area contributed by atoms with Crippen LogP contribution >= 0.6 is 11.8 Å². The van der Waals surface area contributed by atoms with Crippen LogP contribution in [0.25, 0.3) is 6.08 Å². The molecule has 2 aromatic carbocycles. The number of benzene rings is 2. The average Bonchev–Trinajstić information content (AvgIpc) is 2.90. The molecule has 0 spiro atoms. The van der Waals surface area contributed by atoms with Crippen LogP contribution in [-0.4, -0.2) is 15.1 Å². The van der Waals surface area contributed by atoms with Gasteiger partial charge in [0.1, 0.15) is 10.7 Å². The molecule has 1 aliphatic rings. The zero-order valence-electron chi connectivity index (χ0n) is 11.3. The Kier molecular flexibility index (Phi) is 3.84. The zero-order valence-corrected chi connectivity index (χ0v) is 12.1. The molecule has 0 atom stereocenters. The topological polar surface area (TPSA) is 72.6 Å². The first kappa shape index (κ1) is 14.2. The highest BCUT2D eigenvalue weighted by Gasteiger charge is 2.23. The van der Waals surface area contributed by atoms with Crippen molar-refractivity contribution in [3.63, 3.8) is 0 Å². The van der Waals surface area contributed by atoms with Gasteiger partial charge in [0.15, 0.2) is 0 Å². The lowest BCUT2D eigenvalue weighted by atomic mass is 10.2. The van der Waals surface area contributed by atoms with Gasteiger partial charge < -0.3 is 0 Å². The number of non-ortho nitro benzene ring substituents is 1. The van der Waals surface area contributed by atoms with E-state index in [-0.39, 0.29) is 10.8 Å². The summed E-state index contributed by atoms with van der Waals surface area (Å²) in [6, 6.07) is 15.5. The summed E-state index contributed by atoms with van der Waals surface area (Å²) >= 11 is 1.09. The maximum absolute atomic E-state index is 12.0. The van der Waals surface area contributed by atoms with Gasteiger partial charge in [-0.1, -0.05) is 30.3 Å². The van der Waals surface area contributed by atoms with Crippen molar-refractivity contribution in [1.29, 1.82) is 0 Å². The fraction of sp³-hybridized carbons (Fsp3) is 0. The molecule has 3 rings (SSSR count). The maximum atomic E-state index is 12.0. The summed E-state index contributed by atoms with van der Waals surface area (Å²) in [7, 11) is 0. The molecule has 6 heteroatoms. The third kappa shape index (κ3) is 2.96. The third-order valence-corrected chi connectivity index (χ3v) is 3.96. The van der Waals surface area contributed by atoms with Crippen LogP contribution < -0.4 is 0 Å². The number of rotatable bonds is 3. The van der Waals surface area contributed by atoms with E-state index in [1.807, 2.05) is 30.3 Å². The van der Waals surface area contributed by atoms with E-state index >= 15 is 0 Å². The number of carbonyl (C=O) groups is 1. The molecule has 0 aliphatic carbocycles. The van der Waals surface area contributed by atoms with E-state index in [9.17, 15) is 14.9 Å². The molecule has 0 radical (unpaired) electrons. The zero-order chi connectivity index (χ0) is 15.5. The quantitative estimate of drug-likeness (QED) is 0.493. The van der Waals surface area contributed by atoms with Crippen molar-refractivity contribution >= 4 is 33.7 Å². The molecule has 0 bridgehead atoms. The second-order valence-corrected chi connectivity index (χ2v) is 5.51. The molecule has 2 aromatic rings. The second-order valence-electron chi connectivity index (χ2n) is 4.55. The monoisotopic (exact) mass is 310 g/mol. The summed E-state index contributed by atoms with van der Waals surface area (Å²) in [4.78, 5) is 26.5. The van der Waals surface area contributed by atoms with Crippen LogP contribution in [0.1, 0.15) is 11.1 Å². The molecule has 0 saturated heterocycles. The van der Waals surface area contributed by atoms with E-state index < -0.39 is 4.92 Å². The summed E-state index contributed by atoms with van der Waals surface area (Å²) in [5, 5.41) is 11.2. The number of aliphatic imine (C=N–C) groups is 1. The fourth-order valence-electron chi connectivity index (χ4n) is 1.96. The molecule has 0 unspecified atom stereocenters. The van der Waals surface area contributed by atoms with E-state index in [1.54, 1.807) is 18.2 Å². The summed E-state index contributed by atoms with van der Waals surface area (Å²) in [6.07, 6.45) is 1.63. The number of hydrogen-bond donors (Lipinski definition) is 0. The van der Waals surface area contributed by atoms with Crippen LogP contribution in [-0.2, 0) is 4.79 Å². The van der Waals surface area contributed by atoms with E-state index in [4.69, 9.17) is 0 Å². The van der Waals surface area contributed by atoms with Gasteiger partial charge in [0.05, 0.1) is 4.92 Å². The number of nitro benzene ring substituents is 1. The van der Waals surface area contributed by atoms with Crippen LogP contribution in [0.4, 0.5) is 5.69 Å². The predicted molar refractivity (Wildman–Crippen MR) is 86.7 cm³/mol. The lowest BCUT2D eigenvalue weighted by Crippen LogP contribution is -1.91. The third-order valence-electron chi connectivity index (χ3n) is 3.05. The molecule has 0 saturated carbocycles. The van der Waals surface area contributed by atoms with E-state index in [0.717, 1.165) is 17.3 Å². The number of carbonyl (C=O) groups excluding carboxylic acids is 1. The molecule has 22 heavy (non-hydrogen) atoms. The first-order valence-corrected chi connectivity index (χ1v) is 7.27. The largest absolute Gasteiger partial charge is 0.279 e. The smallest absolute Gasteiger partial charge is 0.269 e. The van der Waals surface area contributed by atoms with Gasteiger partial charge in [-0.2, -0.15) is 0 Å².